The molecule has 0 aliphatic heterocycles. The van der Waals surface area contributed by atoms with Gasteiger partial charge in [-0.25, -0.2) is 0 Å². The van der Waals surface area contributed by atoms with E-state index in [0.29, 0.717) is 26.3 Å². The molecule has 0 unspecified atom stereocenters. The highest BCUT2D eigenvalue weighted by molar-refractivity contribution is 6.39. The second-order valence-corrected chi connectivity index (χ2v) is 5.20. The van der Waals surface area contributed by atoms with E-state index in [1.165, 1.54) is 18.2 Å². The highest BCUT2D eigenvalue weighted by atomic mass is 35.5. The van der Waals surface area contributed by atoms with Gasteiger partial charge in [0, 0.05) is 23.7 Å². The maximum atomic E-state index is 10.7. The van der Waals surface area contributed by atoms with Gasteiger partial charge >= 0.3 is 0 Å². The van der Waals surface area contributed by atoms with Crippen molar-refractivity contribution in [1.82, 2.24) is 0 Å². The lowest BCUT2D eigenvalue weighted by molar-refractivity contribution is -0.384. The standard InChI is InChI=1S/C13H9Cl3N2O2/c14-10-5-4-9(18(19)20)6-8(10)7-17-13-11(15)2-1-3-12(13)16/h1-6,17H,7H2. The number of nitrogens with zero attached hydrogens (tertiary/aromatic N) is 1. The molecule has 1 N–H and O–H groups in total. The molecular formula is C13H9Cl3N2O2. The van der Waals surface area contributed by atoms with Crippen molar-refractivity contribution in [2.75, 3.05) is 5.32 Å². The maximum Gasteiger partial charge on any atom is 0.269 e. The molecular weight excluding hydrogens is 323 g/mol. The molecule has 0 saturated carbocycles. The van der Waals surface area contributed by atoms with Crippen molar-refractivity contribution < 1.29 is 4.92 Å². The third-order valence-corrected chi connectivity index (χ3v) is 3.66. The van der Waals surface area contributed by atoms with Crippen LogP contribution in [0.4, 0.5) is 11.4 Å². The van der Waals surface area contributed by atoms with Gasteiger partial charge in [-0.1, -0.05) is 40.9 Å². The number of nitro benzene ring substituents is 1. The number of hydrogen-bond donors (Lipinski definition) is 1. The lowest BCUT2D eigenvalue weighted by atomic mass is 10.2. The van der Waals surface area contributed by atoms with E-state index in [1.807, 2.05) is 0 Å². The van der Waals surface area contributed by atoms with E-state index < -0.39 is 4.92 Å². The number of halogens is 3. The van der Waals surface area contributed by atoms with Gasteiger partial charge in [-0.05, 0) is 23.8 Å². The van der Waals surface area contributed by atoms with E-state index in [0.717, 1.165) is 0 Å². The molecule has 7 heteroatoms. The minimum absolute atomic E-state index is 0.0172. The van der Waals surface area contributed by atoms with Crippen molar-refractivity contribution in [1.29, 1.82) is 0 Å². The molecule has 2 rings (SSSR count). The van der Waals surface area contributed by atoms with Crippen molar-refractivity contribution in [3.63, 3.8) is 0 Å². The van der Waals surface area contributed by atoms with E-state index in [9.17, 15) is 10.1 Å². The Hall–Kier alpha value is -1.49. The van der Waals surface area contributed by atoms with E-state index >= 15 is 0 Å². The minimum atomic E-state index is -0.470. The van der Waals surface area contributed by atoms with Crippen LogP contribution in [0.2, 0.25) is 15.1 Å². The Morgan fingerprint density at radius 3 is 2.30 bits per heavy atom. The van der Waals surface area contributed by atoms with Gasteiger partial charge in [0.1, 0.15) is 0 Å². The predicted molar refractivity (Wildman–Crippen MR) is 81.9 cm³/mol. The Morgan fingerprint density at radius 1 is 1.05 bits per heavy atom. The third-order valence-electron chi connectivity index (χ3n) is 2.66. The summed E-state index contributed by atoms with van der Waals surface area (Å²) in [5, 5.41) is 15.2. The quantitative estimate of drug-likeness (QED) is 0.621. The van der Waals surface area contributed by atoms with Crippen molar-refractivity contribution in [3.8, 4) is 0 Å². The molecule has 4 nitrogen and oxygen atoms in total. The van der Waals surface area contributed by atoms with E-state index in [-0.39, 0.29) is 12.2 Å². The van der Waals surface area contributed by atoms with E-state index in [2.05, 4.69) is 5.32 Å². The van der Waals surface area contributed by atoms with Crippen molar-refractivity contribution in [3.05, 3.63) is 67.1 Å². The Kier molecular flexibility index (Phi) is 4.70. The topological polar surface area (TPSA) is 55.2 Å². The molecule has 0 amide bonds. The molecule has 0 fully saturated rings. The summed E-state index contributed by atoms with van der Waals surface area (Å²) < 4.78 is 0. The Labute approximate surface area is 130 Å². The molecule has 104 valence electrons. The predicted octanol–water partition coefficient (Wildman–Crippen LogP) is 5.17. The van der Waals surface area contributed by atoms with Gasteiger partial charge in [0.25, 0.3) is 5.69 Å². The molecule has 2 aromatic carbocycles. The number of anilines is 1. The van der Waals surface area contributed by atoms with Crippen molar-refractivity contribution in [2.45, 2.75) is 6.54 Å². The molecule has 0 radical (unpaired) electrons. The van der Waals surface area contributed by atoms with Crippen LogP contribution < -0.4 is 5.32 Å². The molecule has 0 bridgehead atoms. The first-order chi connectivity index (χ1) is 9.49. The fourth-order valence-corrected chi connectivity index (χ4v) is 2.38. The lowest BCUT2D eigenvalue weighted by Crippen LogP contribution is -2.02. The normalized spacial score (nSPS) is 10.3. The number of non-ortho nitro benzene ring substituents is 1. The van der Waals surface area contributed by atoms with E-state index in [4.69, 9.17) is 34.8 Å². The van der Waals surface area contributed by atoms with Gasteiger partial charge < -0.3 is 5.32 Å². The molecule has 0 atom stereocenters. The molecule has 2 aromatic rings. The summed E-state index contributed by atoms with van der Waals surface area (Å²) in [6, 6.07) is 9.39. The third kappa shape index (κ3) is 3.33. The van der Waals surface area contributed by atoms with Gasteiger partial charge in [0.15, 0.2) is 0 Å². The number of rotatable bonds is 4. The van der Waals surface area contributed by atoms with Crippen molar-refractivity contribution in [2.24, 2.45) is 0 Å². The van der Waals surface area contributed by atoms with Crippen molar-refractivity contribution >= 4 is 46.2 Å². The highest BCUT2D eigenvalue weighted by Gasteiger charge is 2.11. The van der Waals surface area contributed by atoms with Crippen LogP contribution in [-0.4, -0.2) is 4.92 Å². The largest absolute Gasteiger partial charge is 0.378 e. The first kappa shape index (κ1) is 14.9. The number of nitrogens with one attached hydrogen (secondary N) is 1. The zero-order valence-corrected chi connectivity index (χ0v) is 12.3. The second kappa shape index (κ2) is 6.31. The lowest BCUT2D eigenvalue weighted by Gasteiger charge is -2.11. The Bertz CT molecular complexity index is 642. The van der Waals surface area contributed by atoms with Crippen LogP contribution in [-0.2, 0) is 6.54 Å². The maximum absolute atomic E-state index is 10.7. The summed E-state index contributed by atoms with van der Waals surface area (Å²) in [4.78, 5) is 10.3. The van der Waals surface area contributed by atoms with Crippen LogP contribution in [0.3, 0.4) is 0 Å². The second-order valence-electron chi connectivity index (χ2n) is 3.98. The number of nitro groups is 1. The molecule has 0 aliphatic rings. The molecule has 0 aromatic heterocycles. The first-order valence-electron chi connectivity index (χ1n) is 5.59. The molecule has 0 spiro atoms. The molecule has 20 heavy (non-hydrogen) atoms. The van der Waals surface area contributed by atoms with Gasteiger partial charge in [-0.3, -0.25) is 10.1 Å². The smallest absolute Gasteiger partial charge is 0.269 e. The minimum Gasteiger partial charge on any atom is -0.378 e. The number of benzene rings is 2. The van der Waals surface area contributed by atoms with Crippen LogP contribution in [0.25, 0.3) is 0 Å². The average molecular weight is 332 g/mol. The average Bonchev–Trinajstić information content (AvgIpc) is 2.39. The number of para-hydroxylation sites is 1. The highest BCUT2D eigenvalue weighted by Crippen LogP contribution is 2.31. The summed E-state index contributed by atoms with van der Waals surface area (Å²) in [6.07, 6.45) is 0. The SMILES string of the molecule is O=[N+]([O-])c1ccc(Cl)c(CNc2c(Cl)cccc2Cl)c1. The van der Waals surface area contributed by atoms with Gasteiger partial charge in [-0.15, -0.1) is 0 Å². The monoisotopic (exact) mass is 330 g/mol. The summed E-state index contributed by atoms with van der Waals surface area (Å²) in [7, 11) is 0. The van der Waals surface area contributed by atoms with Gasteiger partial charge in [0.05, 0.1) is 20.7 Å². The van der Waals surface area contributed by atoms with E-state index in [1.54, 1.807) is 18.2 Å². The summed E-state index contributed by atoms with van der Waals surface area (Å²) in [5.74, 6) is 0. The first-order valence-corrected chi connectivity index (χ1v) is 6.73. The van der Waals surface area contributed by atoms with Gasteiger partial charge in [-0.2, -0.15) is 0 Å². The molecule has 0 aliphatic carbocycles. The molecule has 0 saturated heterocycles. The summed E-state index contributed by atoms with van der Waals surface area (Å²) in [6.45, 7) is 0.282. The van der Waals surface area contributed by atoms with Crippen LogP contribution in [0.1, 0.15) is 5.56 Å². The Balaban J connectivity index is 2.23. The van der Waals surface area contributed by atoms with Crippen LogP contribution in [0.15, 0.2) is 36.4 Å². The summed E-state index contributed by atoms with van der Waals surface area (Å²) >= 11 is 18.1. The fourth-order valence-electron chi connectivity index (χ4n) is 1.66. The zero-order valence-electron chi connectivity index (χ0n) is 10.1. The van der Waals surface area contributed by atoms with Crippen LogP contribution in [0, 0.1) is 10.1 Å². The van der Waals surface area contributed by atoms with Crippen LogP contribution in [0.5, 0.6) is 0 Å². The number of hydrogen-bond acceptors (Lipinski definition) is 3. The summed E-state index contributed by atoms with van der Waals surface area (Å²) in [5.41, 5.74) is 1.15. The Morgan fingerprint density at radius 2 is 1.70 bits per heavy atom. The molecule has 0 heterocycles. The zero-order chi connectivity index (χ0) is 14.7. The van der Waals surface area contributed by atoms with Gasteiger partial charge in [0.2, 0.25) is 0 Å². The fraction of sp³-hybridized carbons (Fsp3) is 0.0769. The van der Waals surface area contributed by atoms with Crippen LogP contribution >= 0.6 is 34.8 Å².